The Morgan fingerprint density at radius 3 is 2.33 bits per heavy atom. The molecule has 0 saturated heterocycles. The van der Waals surface area contributed by atoms with Gasteiger partial charge in [-0.25, -0.2) is 4.98 Å². The Kier molecular flexibility index (Phi) is 4.66. The minimum absolute atomic E-state index is 0.106. The molecule has 1 aromatic carbocycles. The van der Waals surface area contributed by atoms with Crippen molar-refractivity contribution < 1.29 is 23.4 Å². The molecule has 0 saturated carbocycles. The molecule has 0 aliphatic rings. The van der Waals surface area contributed by atoms with E-state index in [1.165, 1.54) is 0 Å². The van der Waals surface area contributed by atoms with E-state index in [1.54, 1.807) is 20.8 Å². The molecule has 1 aromatic heterocycles. The third-order valence-corrected chi connectivity index (χ3v) is 3.12. The van der Waals surface area contributed by atoms with Gasteiger partial charge in [0.05, 0.1) is 16.9 Å². The summed E-state index contributed by atoms with van der Waals surface area (Å²) in [5.74, 6) is -0.383. The standard InChI is InChI=1S/C15H17F3N4O2/c1-8-12(21-22-13(20-8)19-7-14(2,3)24)10-5-4-9(6-11(10)23)15(16,17)18/h4-6,23-24H,7H2,1-3H3,(H,19,20,22). The van der Waals surface area contributed by atoms with Gasteiger partial charge in [-0.2, -0.15) is 13.2 Å². The number of benzene rings is 1. The van der Waals surface area contributed by atoms with Crippen molar-refractivity contribution in [1.82, 2.24) is 15.2 Å². The maximum atomic E-state index is 12.6. The first kappa shape index (κ1) is 17.9. The molecule has 9 heteroatoms. The van der Waals surface area contributed by atoms with Gasteiger partial charge in [-0.15, -0.1) is 10.2 Å². The normalized spacial score (nSPS) is 12.3. The van der Waals surface area contributed by atoms with Crippen molar-refractivity contribution >= 4 is 5.95 Å². The van der Waals surface area contributed by atoms with Crippen molar-refractivity contribution in [2.45, 2.75) is 32.5 Å². The minimum atomic E-state index is -4.54. The van der Waals surface area contributed by atoms with Gasteiger partial charge in [0.2, 0.25) is 5.95 Å². The number of nitrogens with zero attached hydrogens (tertiary/aromatic N) is 3. The average Bonchev–Trinajstić information content (AvgIpc) is 2.44. The number of phenolic OH excluding ortho intramolecular Hbond substituents is 1. The zero-order chi connectivity index (χ0) is 18.1. The number of alkyl halides is 3. The Hall–Kier alpha value is -2.42. The Labute approximate surface area is 136 Å². The lowest BCUT2D eigenvalue weighted by Gasteiger charge is -2.17. The largest absolute Gasteiger partial charge is 0.507 e. The van der Waals surface area contributed by atoms with Crippen LogP contribution in [0.1, 0.15) is 25.1 Å². The van der Waals surface area contributed by atoms with Gasteiger partial charge < -0.3 is 15.5 Å². The molecule has 2 rings (SSSR count). The molecule has 0 unspecified atom stereocenters. The van der Waals surface area contributed by atoms with Gasteiger partial charge in [0, 0.05) is 12.1 Å². The number of rotatable bonds is 4. The zero-order valence-electron chi connectivity index (χ0n) is 13.3. The van der Waals surface area contributed by atoms with Crippen molar-refractivity contribution in [1.29, 1.82) is 0 Å². The highest BCUT2D eigenvalue weighted by Crippen LogP contribution is 2.36. The lowest BCUT2D eigenvalue weighted by molar-refractivity contribution is -0.137. The Balaban J connectivity index is 2.30. The third-order valence-electron chi connectivity index (χ3n) is 3.12. The number of aliphatic hydroxyl groups is 1. The quantitative estimate of drug-likeness (QED) is 0.791. The molecule has 0 spiro atoms. The number of aromatic nitrogens is 3. The van der Waals surface area contributed by atoms with Gasteiger partial charge in [-0.05, 0) is 39.0 Å². The predicted octanol–water partition coefficient (Wildman–Crippen LogP) is 2.75. The fourth-order valence-corrected chi connectivity index (χ4v) is 1.93. The van der Waals surface area contributed by atoms with Crippen LogP contribution >= 0.6 is 0 Å². The van der Waals surface area contributed by atoms with E-state index in [-0.39, 0.29) is 23.8 Å². The maximum absolute atomic E-state index is 12.6. The summed E-state index contributed by atoms with van der Waals surface area (Å²) >= 11 is 0. The highest BCUT2D eigenvalue weighted by Gasteiger charge is 2.31. The number of phenols is 1. The fourth-order valence-electron chi connectivity index (χ4n) is 1.93. The van der Waals surface area contributed by atoms with E-state index in [4.69, 9.17) is 0 Å². The van der Waals surface area contributed by atoms with Crippen molar-refractivity contribution in [3.05, 3.63) is 29.5 Å². The van der Waals surface area contributed by atoms with Gasteiger partial charge in [-0.3, -0.25) is 0 Å². The molecule has 6 nitrogen and oxygen atoms in total. The summed E-state index contributed by atoms with van der Waals surface area (Å²) in [5.41, 5.74) is -1.27. The van der Waals surface area contributed by atoms with E-state index in [0.29, 0.717) is 11.8 Å². The Bertz CT molecular complexity index is 742. The zero-order valence-corrected chi connectivity index (χ0v) is 13.3. The Morgan fingerprint density at radius 2 is 1.83 bits per heavy atom. The first-order chi connectivity index (χ1) is 11.0. The van der Waals surface area contributed by atoms with E-state index < -0.39 is 23.1 Å². The number of nitrogens with one attached hydrogen (secondary N) is 1. The number of aromatic hydroxyl groups is 1. The van der Waals surface area contributed by atoms with E-state index in [2.05, 4.69) is 20.5 Å². The molecule has 0 aliphatic heterocycles. The van der Waals surface area contributed by atoms with Crippen molar-refractivity contribution in [3.8, 4) is 17.0 Å². The summed E-state index contributed by atoms with van der Waals surface area (Å²) in [6, 6.07) is 2.62. The van der Waals surface area contributed by atoms with Crippen LogP contribution in [0.25, 0.3) is 11.3 Å². The first-order valence-electron chi connectivity index (χ1n) is 7.05. The molecule has 24 heavy (non-hydrogen) atoms. The summed E-state index contributed by atoms with van der Waals surface area (Å²) in [5, 5.41) is 30.0. The van der Waals surface area contributed by atoms with E-state index in [9.17, 15) is 23.4 Å². The van der Waals surface area contributed by atoms with Crippen LogP contribution in [-0.2, 0) is 6.18 Å². The summed E-state index contributed by atoms with van der Waals surface area (Å²) in [4.78, 5) is 4.14. The van der Waals surface area contributed by atoms with Crippen molar-refractivity contribution in [2.24, 2.45) is 0 Å². The third kappa shape index (κ3) is 4.31. The molecule has 0 radical (unpaired) electrons. The Morgan fingerprint density at radius 1 is 1.17 bits per heavy atom. The van der Waals surface area contributed by atoms with Crippen LogP contribution in [0.3, 0.4) is 0 Å². The lowest BCUT2D eigenvalue weighted by atomic mass is 10.1. The molecule has 0 fully saturated rings. The second kappa shape index (κ2) is 6.23. The molecule has 0 aliphatic carbocycles. The summed E-state index contributed by atoms with van der Waals surface area (Å²) in [6.07, 6.45) is -4.54. The molecule has 0 bridgehead atoms. The highest BCUT2D eigenvalue weighted by molar-refractivity contribution is 5.69. The van der Waals surface area contributed by atoms with Crippen LogP contribution < -0.4 is 5.32 Å². The van der Waals surface area contributed by atoms with Crippen LogP contribution in [0.15, 0.2) is 18.2 Å². The number of hydrogen-bond acceptors (Lipinski definition) is 6. The van der Waals surface area contributed by atoms with Crippen LogP contribution in [0.2, 0.25) is 0 Å². The molecule has 3 N–H and O–H groups in total. The van der Waals surface area contributed by atoms with E-state index >= 15 is 0 Å². The fraction of sp³-hybridized carbons (Fsp3) is 0.400. The highest BCUT2D eigenvalue weighted by atomic mass is 19.4. The number of halogens is 3. The monoisotopic (exact) mass is 342 g/mol. The number of hydrogen-bond donors (Lipinski definition) is 3. The van der Waals surface area contributed by atoms with Gasteiger partial charge in [0.15, 0.2) is 0 Å². The molecule has 130 valence electrons. The smallest absolute Gasteiger partial charge is 0.416 e. The molecule has 1 heterocycles. The van der Waals surface area contributed by atoms with E-state index in [0.717, 1.165) is 12.1 Å². The maximum Gasteiger partial charge on any atom is 0.416 e. The van der Waals surface area contributed by atoms with Gasteiger partial charge in [0.25, 0.3) is 0 Å². The molecule has 0 amide bonds. The molecular formula is C15H17F3N4O2. The predicted molar refractivity (Wildman–Crippen MR) is 81.5 cm³/mol. The first-order valence-corrected chi connectivity index (χ1v) is 7.05. The molecule has 0 atom stereocenters. The summed E-state index contributed by atoms with van der Waals surface area (Å²) in [7, 11) is 0. The van der Waals surface area contributed by atoms with Crippen LogP contribution in [-0.4, -0.2) is 37.5 Å². The van der Waals surface area contributed by atoms with Crippen LogP contribution in [0.4, 0.5) is 19.1 Å². The van der Waals surface area contributed by atoms with Crippen molar-refractivity contribution in [3.63, 3.8) is 0 Å². The van der Waals surface area contributed by atoms with Crippen molar-refractivity contribution in [2.75, 3.05) is 11.9 Å². The SMILES string of the molecule is Cc1nc(NCC(C)(C)O)nnc1-c1ccc(C(F)(F)F)cc1O. The van der Waals surface area contributed by atoms with Gasteiger partial charge >= 0.3 is 6.18 Å². The molecular weight excluding hydrogens is 325 g/mol. The number of anilines is 1. The number of aryl methyl sites for hydroxylation is 1. The minimum Gasteiger partial charge on any atom is -0.507 e. The second-order valence-electron chi connectivity index (χ2n) is 5.97. The second-order valence-corrected chi connectivity index (χ2v) is 5.97. The average molecular weight is 342 g/mol. The van der Waals surface area contributed by atoms with Gasteiger partial charge in [-0.1, -0.05) is 0 Å². The topological polar surface area (TPSA) is 91.2 Å². The summed E-state index contributed by atoms with van der Waals surface area (Å²) < 4.78 is 37.9. The molecule has 2 aromatic rings. The summed E-state index contributed by atoms with van der Waals surface area (Å²) in [6.45, 7) is 5.00. The van der Waals surface area contributed by atoms with Crippen LogP contribution in [0, 0.1) is 6.92 Å². The lowest BCUT2D eigenvalue weighted by Crippen LogP contribution is -2.30. The van der Waals surface area contributed by atoms with Gasteiger partial charge in [0.1, 0.15) is 11.4 Å². The van der Waals surface area contributed by atoms with Crippen LogP contribution in [0.5, 0.6) is 5.75 Å². The van der Waals surface area contributed by atoms with E-state index in [1.807, 2.05) is 0 Å².